The first-order valence-corrected chi connectivity index (χ1v) is 3.24. The molecule has 0 aromatic carbocycles. The lowest BCUT2D eigenvalue weighted by molar-refractivity contribution is -0.120. The molecule has 54 valence electrons. The van der Waals surface area contributed by atoms with Crippen molar-refractivity contribution in [2.75, 3.05) is 19.6 Å². The van der Waals surface area contributed by atoms with Crippen LogP contribution in [0.4, 0.5) is 0 Å². The van der Waals surface area contributed by atoms with Crippen LogP contribution >= 0.6 is 0 Å². The summed E-state index contributed by atoms with van der Waals surface area (Å²) in [5.41, 5.74) is 0. The number of carbonyl (C=O) groups is 1. The fourth-order valence-electron chi connectivity index (χ4n) is 0.891. The van der Waals surface area contributed by atoms with E-state index in [0.29, 0.717) is 13.1 Å². The number of rotatable bonds is 0. The minimum absolute atomic E-state index is 0.0564. The number of nitrogens with zero attached hydrogens (tertiary/aromatic N) is 2. The molecule has 0 unspecified atom stereocenters. The van der Waals surface area contributed by atoms with Crippen LogP contribution in [0.15, 0.2) is 0 Å². The van der Waals surface area contributed by atoms with E-state index in [-0.39, 0.29) is 12.5 Å². The van der Waals surface area contributed by atoms with Crippen LogP contribution in [0.1, 0.15) is 6.42 Å². The van der Waals surface area contributed by atoms with Crippen LogP contribution in [0.2, 0.25) is 0 Å². The predicted octanol–water partition coefficient (Wildman–Crippen LogP) is -0.711. The summed E-state index contributed by atoms with van der Waals surface area (Å²) in [5, 5.41) is 11.1. The van der Waals surface area contributed by atoms with Crippen LogP contribution in [0.5, 0.6) is 0 Å². The molecule has 10 heavy (non-hydrogen) atoms. The van der Waals surface area contributed by atoms with Gasteiger partial charge in [0.15, 0.2) is 6.19 Å². The summed E-state index contributed by atoms with van der Waals surface area (Å²) in [5.74, 6) is -0.0564. The van der Waals surface area contributed by atoms with Crippen LogP contribution in [0.25, 0.3) is 0 Å². The van der Waals surface area contributed by atoms with Crippen molar-refractivity contribution in [1.29, 1.82) is 5.26 Å². The Morgan fingerprint density at radius 1 is 1.70 bits per heavy atom. The first-order chi connectivity index (χ1) is 4.83. The van der Waals surface area contributed by atoms with E-state index in [1.165, 1.54) is 4.90 Å². The summed E-state index contributed by atoms with van der Waals surface area (Å²) in [6.45, 7) is 1.60. The maximum atomic E-state index is 10.7. The summed E-state index contributed by atoms with van der Waals surface area (Å²) in [6.07, 6.45) is 2.81. The van der Waals surface area contributed by atoms with Crippen molar-refractivity contribution < 1.29 is 4.79 Å². The second kappa shape index (κ2) is 3.06. The molecule has 1 aliphatic heterocycles. The summed E-state index contributed by atoms with van der Waals surface area (Å²) < 4.78 is 0. The maximum absolute atomic E-state index is 10.7. The Balaban J connectivity index is 2.47. The zero-order chi connectivity index (χ0) is 7.40. The number of nitrogens with one attached hydrogen (secondary N) is 1. The second-order valence-corrected chi connectivity index (χ2v) is 2.23. The Bertz CT molecular complexity index is 172. The molecule has 0 aliphatic carbocycles. The number of hydrogen-bond acceptors (Lipinski definition) is 3. The number of nitriles is 1. The zero-order valence-electron chi connectivity index (χ0n) is 5.63. The van der Waals surface area contributed by atoms with E-state index in [1.807, 2.05) is 6.19 Å². The van der Waals surface area contributed by atoms with Crippen molar-refractivity contribution in [2.24, 2.45) is 0 Å². The van der Waals surface area contributed by atoms with Crippen LogP contribution in [0.3, 0.4) is 0 Å². The van der Waals surface area contributed by atoms with Crippen LogP contribution in [-0.4, -0.2) is 30.4 Å². The van der Waals surface area contributed by atoms with Gasteiger partial charge in [-0.1, -0.05) is 0 Å². The van der Waals surface area contributed by atoms with E-state index in [4.69, 9.17) is 5.26 Å². The predicted molar refractivity (Wildman–Crippen MR) is 34.8 cm³/mol. The van der Waals surface area contributed by atoms with Gasteiger partial charge >= 0.3 is 0 Å². The molecular weight excluding hydrogens is 130 g/mol. The number of carbonyl (C=O) groups excluding carboxylic acids is 1. The van der Waals surface area contributed by atoms with Gasteiger partial charge in [-0.2, -0.15) is 5.26 Å². The first kappa shape index (κ1) is 6.87. The Kier molecular flexibility index (Phi) is 2.11. The molecule has 0 spiro atoms. The highest BCUT2D eigenvalue weighted by molar-refractivity contribution is 5.78. The third kappa shape index (κ3) is 1.62. The first-order valence-electron chi connectivity index (χ1n) is 3.24. The van der Waals surface area contributed by atoms with E-state index in [0.717, 1.165) is 6.42 Å². The smallest absolute Gasteiger partial charge is 0.240 e. The molecule has 0 aromatic rings. The summed E-state index contributed by atoms with van der Waals surface area (Å²) in [4.78, 5) is 12.2. The highest BCUT2D eigenvalue weighted by atomic mass is 16.2. The molecule has 0 aromatic heterocycles. The fraction of sp³-hybridized carbons (Fsp3) is 0.667. The summed E-state index contributed by atoms with van der Waals surface area (Å²) >= 11 is 0. The third-order valence-corrected chi connectivity index (χ3v) is 1.40. The van der Waals surface area contributed by atoms with Gasteiger partial charge in [0, 0.05) is 13.1 Å². The van der Waals surface area contributed by atoms with Gasteiger partial charge < -0.3 is 10.2 Å². The van der Waals surface area contributed by atoms with Crippen molar-refractivity contribution in [3.8, 4) is 6.19 Å². The Morgan fingerprint density at radius 2 is 2.50 bits per heavy atom. The van der Waals surface area contributed by atoms with Crippen molar-refractivity contribution in [2.45, 2.75) is 6.42 Å². The molecular formula is C6H9N3O. The Morgan fingerprint density at radius 3 is 3.20 bits per heavy atom. The highest BCUT2D eigenvalue weighted by Gasteiger charge is 2.11. The molecule has 1 amide bonds. The van der Waals surface area contributed by atoms with Crippen LogP contribution in [-0.2, 0) is 4.79 Å². The van der Waals surface area contributed by atoms with Gasteiger partial charge in [-0.05, 0) is 6.42 Å². The Labute approximate surface area is 59.4 Å². The van der Waals surface area contributed by atoms with Crippen molar-refractivity contribution in [1.82, 2.24) is 10.2 Å². The number of amides is 1. The minimum Gasteiger partial charge on any atom is -0.354 e. The lowest BCUT2D eigenvalue weighted by Crippen LogP contribution is -2.30. The summed E-state index contributed by atoms with van der Waals surface area (Å²) in [6, 6.07) is 0. The molecule has 0 bridgehead atoms. The third-order valence-electron chi connectivity index (χ3n) is 1.40. The van der Waals surface area contributed by atoms with Gasteiger partial charge in [0.2, 0.25) is 5.91 Å². The summed E-state index contributed by atoms with van der Waals surface area (Å²) in [7, 11) is 0. The molecule has 0 atom stereocenters. The largest absolute Gasteiger partial charge is 0.354 e. The quantitative estimate of drug-likeness (QED) is 0.451. The molecule has 4 heteroatoms. The minimum atomic E-state index is -0.0564. The van der Waals surface area contributed by atoms with E-state index >= 15 is 0 Å². The van der Waals surface area contributed by atoms with E-state index in [2.05, 4.69) is 5.32 Å². The average Bonchev–Trinajstić information content (AvgIpc) is 2.13. The number of hydrogen-bond donors (Lipinski definition) is 1. The van der Waals surface area contributed by atoms with E-state index < -0.39 is 0 Å². The van der Waals surface area contributed by atoms with Crippen LogP contribution in [0, 0.1) is 11.5 Å². The molecule has 0 saturated carbocycles. The molecule has 1 N–H and O–H groups in total. The zero-order valence-corrected chi connectivity index (χ0v) is 5.63. The van der Waals surface area contributed by atoms with Crippen molar-refractivity contribution in [3.63, 3.8) is 0 Å². The standard InChI is InChI=1S/C6H9N3O/c7-5-9-3-1-2-8-6(10)4-9/h1-4H2,(H,8,10). The molecule has 0 radical (unpaired) electrons. The Hall–Kier alpha value is -1.24. The van der Waals surface area contributed by atoms with Gasteiger partial charge in [-0.15, -0.1) is 0 Å². The van der Waals surface area contributed by atoms with Gasteiger partial charge in [0.25, 0.3) is 0 Å². The molecule has 1 rings (SSSR count). The van der Waals surface area contributed by atoms with Crippen molar-refractivity contribution in [3.05, 3.63) is 0 Å². The lowest BCUT2D eigenvalue weighted by Gasteiger charge is -2.07. The molecule has 4 nitrogen and oxygen atoms in total. The fourth-order valence-corrected chi connectivity index (χ4v) is 0.891. The van der Waals surface area contributed by atoms with Gasteiger partial charge in [0.1, 0.15) is 6.54 Å². The molecule has 1 saturated heterocycles. The SMILES string of the molecule is N#CN1CCCNC(=O)C1. The van der Waals surface area contributed by atoms with Gasteiger partial charge in [0.05, 0.1) is 0 Å². The van der Waals surface area contributed by atoms with Crippen LogP contribution < -0.4 is 5.32 Å². The topological polar surface area (TPSA) is 56.1 Å². The van der Waals surface area contributed by atoms with Crippen molar-refractivity contribution >= 4 is 5.91 Å². The van der Waals surface area contributed by atoms with Gasteiger partial charge in [-0.25, -0.2) is 0 Å². The normalized spacial score (nSPS) is 19.1. The molecule has 1 fully saturated rings. The average molecular weight is 139 g/mol. The maximum Gasteiger partial charge on any atom is 0.240 e. The van der Waals surface area contributed by atoms with Gasteiger partial charge in [-0.3, -0.25) is 4.79 Å². The highest BCUT2D eigenvalue weighted by Crippen LogP contribution is 1.92. The van der Waals surface area contributed by atoms with E-state index in [1.54, 1.807) is 0 Å². The monoisotopic (exact) mass is 139 g/mol. The second-order valence-electron chi connectivity index (χ2n) is 2.23. The lowest BCUT2D eigenvalue weighted by atomic mass is 10.4. The molecule has 1 heterocycles. The molecule has 1 aliphatic rings. The van der Waals surface area contributed by atoms with E-state index in [9.17, 15) is 4.79 Å².